The van der Waals surface area contributed by atoms with Gasteiger partial charge in [0.1, 0.15) is 5.75 Å². The van der Waals surface area contributed by atoms with Crippen LogP contribution in [0.5, 0.6) is 17.2 Å². The van der Waals surface area contributed by atoms with Gasteiger partial charge in [-0.25, -0.2) is 4.79 Å². The van der Waals surface area contributed by atoms with Gasteiger partial charge in [0.25, 0.3) is 5.91 Å². The molecule has 0 bridgehead atoms. The highest BCUT2D eigenvalue weighted by atomic mass is 32.2. The number of ether oxygens (including phenoxy) is 3. The predicted octanol–water partition coefficient (Wildman–Crippen LogP) is 4.18. The molecular weight excluding hydrogens is 468 g/mol. The second kappa shape index (κ2) is 9.95. The van der Waals surface area contributed by atoms with Crippen molar-refractivity contribution in [1.29, 1.82) is 0 Å². The van der Waals surface area contributed by atoms with Crippen molar-refractivity contribution in [2.45, 2.75) is 38.4 Å². The second-order valence-corrected chi connectivity index (χ2v) is 9.56. The summed E-state index contributed by atoms with van der Waals surface area (Å²) >= 11 is 1.35. The zero-order valence-electron chi connectivity index (χ0n) is 20.2. The minimum Gasteiger partial charge on any atom is -0.508 e. The van der Waals surface area contributed by atoms with Crippen molar-refractivity contribution in [3.63, 3.8) is 0 Å². The molecule has 0 aliphatic carbocycles. The Morgan fingerprint density at radius 1 is 1.17 bits per heavy atom. The summed E-state index contributed by atoms with van der Waals surface area (Å²) in [6.07, 6.45) is 1.68. The molecule has 0 unspecified atom stereocenters. The third-order valence-electron chi connectivity index (χ3n) is 5.67. The van der Waals surface area contributed by atoms with Crippen LogP contribution in [0.15, 0.2) is 58.6 Å². The maximum atomic E-state index is 13.6. The Bertz CT molecular complexity index is 1220. The molecule has 184 valence electrons. The van der Waals surface area contributed by atoms with Gasteiger partial charge in [-0.3, -0.25) is 9.69 Å². The molecule has 0 spiro atoms. The van der Waals surface area contributed by atoms with Crippen molar-refractivity contribution in [2.75, 3.05) is 14.2 Å². The summed E-state index contributed by atoms with van der Waals surface area (Å²) in [5.74, 6) is 0.427. The maximum absolute atomic E-state index is 13.6. The van der Waals surface area contributed by atoms with Crippen LogP contribution >= 0.6 is 11.8 Å². The summed E-state index contributed by atoms with van der Waals surface area (Å²) < 4.78 is 16.5. The molecule has 9 heteroatoms. The van der Waals surface area contributed by atoms with Crippen LogP contribution < -0.4 is 14.8 Å². The van der Waals surface area contributed by atoms with Gasteiger partial charge in [-0.15, -0.1) is 0 Å². The van der Waals surface area contributed by atoms with Crippen LogP contribution in [0.4, 0.5) is 0 Å². The van der Waals surface area contributed by atoms with Gasteiger partial charge >= 0.3 is 5.97 Å². The number of fused-ring (bicyclic) bond motifs is 1. The summed E-state index contributed by atoms with van der Waals surface area (Å²) in [5.41, 5.74) is 1.94. The van der Waals surface area contributed by atoms with E-state index in [1.54, 1.807) is 55.3 Å². The number of thioether (sulfide) groups is 1. The number of carbonyl (C=O) groups excluding carboxylic acids is 2. The molecule has 1 amide bonds. The number of methoxy groups -OCH3 is 2. The number of hydrogen-bond donors (Lipinski definition) is 2. The maximum Gasteiger partial charge on any atom is 0.337 e. The van der Waals surface area contributed by atoms with Crippen LogP contribution in [0.3, 0.4) is 0 Å². The van der Waals surface area contributed by atoms with Crippen LogP contribution in [0.1, 0.15) is 37.9 Å². The molecular formula is C26H28N2O6S. The number of phenols is 1. The molecule has 2 aliphatic heterocycles. The van der Waals surface area contributed by atoms with Crippen molar-refractivity contribution < 1.29 is 28.9 Å². The van der Waals surface area contributed by atoms with Crippen molar-refractivity contribution in [3.8, 4) is 17.2 Å². The van der Waals surface area contributed by atoms with Gasteiger partial charge in [-0.2, -0.15) is 0 Å². The fraction of sp³-hybridized carbons (Fsp3) is 0.308. The van der Waals surface area contributed by atoms with Crippen LogP contribution in [-0.4, -0.2) is 47.7 Å². The number of carbonyl (C=O) groups is 2. The zero-order valence-corrected chi connectivity index (χ0v) is 21.0. The largest absolute Gasteiger partial charge is 0.508 e. The number of rotatable bonds is 6. The second-order valence-electron chi connectivity index (χ2n) is 8.44. The summed E-state index contributed by atoms with van der Waals surface area (Å²) in [6.45, 7) is 5.64. The number of benzene rings is 2. The van der Waals surface area contributed by atoms with E-state index in [0.717, 1.165) is 0 Å². The topological polar surface area (TPSA) is 97.3 Å². The van der Waals surface area contributed by atoms with Gasteiger partial charge in [0.05, 0.1) is 36.8 Å². The van der Waals surface area contributed by atoms with Crippen molar-refractivity contribution in [2.24, 2.45) is 0 Å². The number of phenolic OH excluding ortho intramolecular Hbond substituents is 1. The van der Waals surface area contributed by atoms with Crippen LogP contribution in [0.2, 0.25) is 0 Å². The Morgan fingerprint density at radius 3 is 2.60 bits per heavy atom. The Hall–Kier alpha value is -3.59. The van der Waals surface area contributed by atoms with E-state index in [4.69, 9.17) is 14.2 Å². The lowest BCUT2D eigenvalue weighted by molar-refractivity contribution is -0.138. The molecule has 1 saturated heterocycles. The van der Waals surface area contributed by atoms with Gasteiger partial charge in [0, 0.05) is 5.70 Å². The lowest BCUT2D eigenvalue weighted by atomic mass is 9.93. The first-order valence-corrected chi connectivity index (χ1v) is 12.0. The Balaban J connectivity index is 1.80. The molecule has 1 fully saturated rings. The molecule has 2 heterocycles. The van der Waals surface area contributed by atoms with E-state index in [9.17, 15) is 14.7 Å². The summed E-state index contributed by atoms with van der Waals surface area (Å²) in [7, 11) is 2.87. The minimum absolute atomic E-state index is 0.0486. The van der Waals surface area contributed by atoms with E-state index in [1.807, 2.05) is 26.0 Å². The van der Waals surface area contributed by atoms with Gasteiger partial charge in [0.15, 0.2) is 17.0 Å². The van der Waals surface area contributed by atoms with Gasteiger partial charge in [-0.05, 0) is 62.2 Å². The first-order chi connectivity index (χ1) is 16.7. The Labute approximate surface area is 208 Å². The highest BCUT2D eigenvalue weighted by molar-refractivity contribution is 8.05. The van der Waals surface area contributed by atoms with Crippen molar-refractivity contribution in [3.05, 3.63) is 69.8 Å². The molecule has 0 aromatic heterocycles. The number of nitrogens with zero attached hydrogens (tertiary/aromatic N) is 1. The third-order valence-corrected chi connectivity index (χ3v) is 6.79. The van der Waals surface area contributed by atoms with Crippen LogP contribution in [0.25, 0.3) is 6.08 Å². The number of amides is 1. The van der Waals surface area contributed by atoms with E-state index in [1.165, 1.54) is 18.9 Å². The number of esters is 1. The van der Waals surface area contributed by atoms with Crippen LogP contribution in [-0.2, 0) is 14.3 Å². The molecule has 35 heavy (non-hydrogen) atoms. The van der Waals surface area contributed by atoms with Gasteiger partial charge < -0.3 is 24.6 Å². The molecule has 0 radical (unpaired) electrons. The molecule has 4 rings (SSSR count). The zero-order chi connectivity index (χ0) is 25.3. The lowest BCUT2D eigenvalue weighted by Gasteiger charge is -2.39. The predicted molar refractivity (Wildman–Crippen MR) is 134 cm³/mol. The van der Waals surface area contributed by atoms with Gasteiger partial charge in [0.2, 0.25) is 0 Å². The van der Waals surface area contributed by atoms with Crippen LogP contribution in [0, 0.1) is 0 Å². The Morgan fingerprint density at radius 2 is 1.94 bits per heavy atom. The van der Waals surface area contributed by atoms with E-state index in [2.05, 4.69) is 5.32 Å². The number of allylic oxidation sites excluding steroid dienone is 1. The normalized spacial score (nSPS) is 20.7. The molecule has 2 aromatic carbocycles. The quantitative estimate of drug-likeness (QED) is 0.454. The fourth-order valence-corrected chi connectivity index (χ4v) is 5.41. The van der Waals surface area contributed by atoms with Crippen molar-refractivity contribution in [1.82, 2.24) is 10.2 Å². The molecule has 2 aliphatic rings. The number of aromatic hydroxyl groups is 1. The van der Waals surface area contributed by atoms with E-state index in [0.29, 0.717) is 38.8 Å². The average molecular weight is 497 g/mol. The average Bonchev–Trinajstić information content (AvgIpc) is 3.12. The standard InChI is InChI=1S/C26H28N2O6S/c1-14(2)34-19-10-9-17(13-20(19)32-4)23-22(25(31)33-5)15(3)27-26-28(23)24(30)21(35-26)12-16-7-6-8-18(29)11-16/h6-14,23,26-27,29H,1-5H3/b21-12-/t23-,26+/m1/s1. The SMILES string of the molecule is COC(=O)C1=C(C)N[C@@H]2S/C(=C\c3cccc(O)c3)C(=O)N2[C@@H]1c1ccc(OC(C)C)c(OC)c1. The number of hydrogen-bond acceptors (Lipinski definition) is 8. The highest BCUT2D eigenvalue weighted by Crippen LogP contribution is 2.47. The summed E-state index contributed by atoms with van der Waals surface area (Å²) in [4.78, 5) is 28.6. The molecule has 2 N–H and O–H groups in total. The smallest absolute Gasteiger partial charge is 0.337 e. The highest BCUT2D eigenvalue weighted by Gasteiger charge is 2.48. The van der Waals surface area contributed by atoms with E-state index in [-0.39, 0.29) is 17.8 Å². The Kier molecular flexibility index (Phi) is 6.98. The molecule has 8 nitrogen and oxygen atoms in total. The fourth-order valence-electron chi connectivity index (χ4n) is 4.19. The third kappa shape index (κ3) is 4.81. The minimum atomic E-state index is -0.703. The van der Waals surface area contributed by atoms with Crippen molar-refractivity contribution >= 4 is 29.7 Å². The summed E-state index contributed by atoms with van der Waals surface area (Å²) in [6, 6.07) is 11.4. The molecule has 0 saturated carbocycles. The van der Waals surface area contributed by atoms with Gasteiger partial charge in [-0.1, -0.05) is 30.0 Å². The van der Waals surface area contributed by atoms with E-state index < -0.39 is 17.5 Å². The molecule has 2 aromatic rings. The first kappa shape index (κ1) is 24.5. The lowest BCUT2D eigenvalue weighted by Crippen LogP contribution is -2.49. The monoisotopic (exact) mass is 496 g/mol. The number of nitrogens with one attached hydrogen (secondary N) is 1. The summed E-state index contributed by atoms with van der Waals surface area (Å²) in [5, 5.41) is 13.1. The first-order valence-electron chi connectivity index (χ1n) is 11.1. The molecule has 2 atom stereocenters. The van der Waals surface area contributed by atoms with E-state index >= 15 is 0 Å².